The summed E-state index contributed by atoms with van der Waals surface area (Å²) in [4.78, 5) is 17.5. The Balaban J connectivity index is 2.11. The summed E-state index contributed by atoms with van der Waals surface area (Å²) >= 11 is 0. The standard InChI is InChI=1S/C14H22N4O2/c1-10-8-16-13(11(2)14(10)18(19)20)9-17-5-3-12(7-15)4-6-17/h8,12H,3-7,9,15H2,1-2H3. The maximum Gasteiger partial charge on any atom is 0.278 e. The van der Waals surface area contributed by atoms with Crippen molar-refractivity contribution in [2.45, 2.75) is 33.2 Å². The average Bonchev–Trinajstić information content (AvgIpc) is 2.42. The SMILES string of the molecule is Cc1cnc(CN2CCC(CN)CC2)c(C)c1[N+](=O)[O-]. The number of nitro groups is 1. The molecule has 1 aliphatic rings. The zero-order valence-corrected chi connectivity index (χ0v) is 12.1. The quantitative estimate of drug-likeness (QED) is 0.670. The predicted octanol–water partition coefficient (Wildman–Crippen LogP) is 1.78. The van der Waals surface area contributed by atoms with E-state index in [0.717, 1.165) is 38.2 Å². The van der Waals surface area contributed by atoms with Gasteiger partial charge < -0.3 is 5.73 Å². The molecule has 6 heteroatoms. The lowest BCUT2D eigenvalue weighted by molar-refractivity contribution is -0.386. The lowest BCUT2D eigenvalue weighted by atomic mass is 9.97. The summed E-state index contributed by atoms with van der Waals surface area (Å²) in [7, 11) is 0. The van der Waals surface area contributed by atoms with Crippen molar-refractivity contribution in [2.75, 3.05) is 19.6 Å². The maximum absolute atomic E-state index is 11.1. The number of piperidine rings is 1. The Morgan fingerprint density at radius 3 is 2.65 bits per heavy atom. The molecule has 2 N–H and O–H groups in total. The van der Waals surface area contributed by atoms with Crippen LogP contribution in [-0.2, 0) is 6.54 Å². The number of nitrogens with two attached hydrogens (primary N) is 1. The lowest BCUT2D eigenvalue weighted by Gasteiger charge is -2.31. The minimum absolute atomic E-state index is 0.201. The molecule has 1 aliphatic heterocycles. The van der Waals surface area contributed by atoms with Gasteiger partial charge in [0.2, 0.25) is 0 Å². The van der Waals surface area contributed by atoms with E-state index in [1.54, 1.807) is 20.0 Å². The van der Waals surface area contributed by atoms with Crippen molar-refractivity contribution >= 4 is 5.69 Å². The number of nitrogens with zero attached hydrogens (tertiary/aromatic N) is 3. The summed E-state index contributed by atoms with van der Waals surface area (Å²) in [5, 5.41) is 11.1. The van der Waals surface area contributed by atoms with Crippen molar-refractivity contribution in [1.82, 2.24) is 9.88 Å². The van der Waals surface area contributed by atoms with Crippen molar-refractivity contribution in [3.63, 3.8) is 0 Å². The van der Waals surface area contributed by atoms with Crippen LogP contribution >= 0.6 is 0 Å². The Bertz CT molecular complexity index is 496. The highest BCUT2D eigenvalue weighted by atomic mass is 16.6. The minimum Gasteiger partial charge on any atom is -0.330 e. The molecule has 1 aromatic heterocycles. The van der Waals surface area contributed by atoms with Gasteiger partial charge in [0.05, 0.1) is 10.6 Å². The number of pyridine rings is 1. The van der Waals surface area contributed by atoms with Crippen molar-refractivity contribution in [1.29, 1.82) is 0 Å². The van der Waals surface area contributed by atoms with Gasteiger partial charge in [0.15, 0.2) is 0 Å². The van der Waals surface area contributed by atoms with Crippen LogP contribution in [0.3, 0.4) is 0 Å². The van der Waals surface area contributed by atoms with E-state index in [1.165, 1.54) is 0 Å². The second-order valence-electron chi connectivity index (χ2n) is 5.57. The van der Waals surface area contributed by atoms with Gasteiger partial charge in [0.25, 0.3) is 5.69 Å². The molecule has 0 atom stereocenters. The largest absolute Gasteiger partial charge is 0.330 e. The van der Waals surface area contributed by atoms with Crippen LogP contribution in [0, 0.1) is 29.9 Å². The van der Waals surface area contributed by atoms with E-state index in [4.69, 9.17) is 5.73 Å². The van der Waals surface area contributed by atoms with Crippen molar-refractivity contribution < 1.29 is 4.92 Å². The normalized spacial score (nSPS) is 17.4. The molecule has 1 fully saturated rings. The highest BCUT2D eigenvalue weighted by Gasteiger charge is 2.22. The van der Waals surface area contributed by atoms with Gasteiger partial charge in [-0.1, -0.05) is 0 Å². The van der Waals surface area contributed by atoms with E-state index in [9.17, 15) is 10.1 Å². The van der Waals surface area contributed by atoms with E-state index in [0.29, 0.717) is 23.6 Å². The first-order chi connectivity index (χ1) is 9.52. The lowest BCUT2D eigenvalue weighted by Crippen LogP contribution is -2.36. The number of likely N-dealkylation sites (tertiary alicyclic amines) is 1. The topological polar surface area (TPSA) is 85.3 Å². The minimum atomic E-state index is -0.309. The third-order valence-electron chi connectivity index (χ3n) is 4.17. The van der Waals surface area contributed by atoms with Gasteiger partial charge in [-0.2, -0.15) is 0 Å². The Morgan fingerprint density at radius 1 is 1.45 bits per heavy atom. The number of aryl methyl sites for hydroxylation is 1. The van der Waals surface area contributed by atoms with E-state index < -0.39 is 0 Å². The van der Waals surface area contributed by atoms with Crippen molar-refractivity contribution in [2.24, 2.45) is 11.7 Å². The number of hydrogen-bond donors (Lipinski definition) is 1. The molecule has 0 aromatic carbocycles. The molecule has 2 heterocycles. The van der Waals surface area contributed by atoms with Crippen LogP contribution in [0.15, 0.2) is 6.20 Å². The van der Waals surface area contributed by atoms with E-state index in [2.05, 4.69) is 9.88 Å². The van der Waals surface area contributed by atoms with Gasteiger partial charge in [-0.25, -0.2) is 0 Å². The molecule has 110 valence electrons. The number of rotatable bonds is 4. The molecule has 0 saturated carbocycles. The Morgan fingerprint density at radius 2 is 2.10 bits per heavy atom. The summed E-state index contributed by atoms with van der Waals surface area (Å²) in [5.41, 5.74) is 8.02. The molecule has 0 bridgehead atoms. The summed E-state index contributed by atoms with van der Waals surface area (Å²) in [6.07, 6.45) is 3.81. The van der Waals surface area contributed by atoms with Gasteiger partial charge in [-0.15, -0.1) is 0 Å². The van der Waals surface area contributed by atoms with Crippen LogP contribution in [0.2, 0.25) is 0 Å². The molecule has 2 rings (SSSR count). The van der Waals surface area contributed by atoms with Crippen LogP contribution in [0.1, 0.15) is 29.7 Å². The Labute approximate surface area is 119 Å². The van der Waals surface area contributed by atoms with Gasteiger partial charge in [0.1, 0.15) is 0 Å². The molecule has 0 aliphatic carbocycles. The van der Waals surface area contributed by atoms with Crippen LogP contribution in [0.25, 0.3) is 0 Å². The maximum atomic E-state index is 11.1. The fourth-order valence-corrected chi connectivity index (χ4v) is 2.80. The predicted molar refractivity (Wildman–Crippen MR) is 77.4 cm³/mol. The van der Waals surface area contributed by atoms with Crippen LogP contribution in [-0.4, -0.2) is 34.4 Å². The molecule has 1 aromatic rings. The molecule has 0 unspecified atom stereocenters. The molecule has 1 saturated heterocycles. The second-order valence-corrected chi connectivity index (χ2v) is 5.57. The van der Waals surface area contributed by atoms with Crippen LogP contribution in [0.5, 0.6) is 0 Å². The first kappa shape index (κ1) is 14.9. The first-order valence-corrected chi connectivity index (χ1v) is 7.04. The molecular formula is C14H22N4O2. The van der Waals surface area contributed by atoms with Crippen LogP contribution in [0.4, 0.5) is 5.69 Å². The Kier molecular flexibility index (Phi) is 4.67. The highest BCUT2D eigenvalue weighted by molar-refractivity contribution is 5.47. The second kappa shape index (κ2) is 6.28. The number of aromatic nitrogens is 1. The van der Waals surface area contributed by atoms with Gasteiger partial charge in [-0.3, -0.25) is 20.0 Å². The third kappa shape index (κ3) is 3.13. The van der Waals surface area contributed by atoms with Gasteiger partial charge in [0, 0.05) is 23.9 Å². The van der Waals surface area contributed by atoms with Crippen molar-refractivity contribution in [3.05, 3.63) is 33.1 Å². The van der Waals surface area contributed by atoms with E-state index in [1.807, 2.05) is 0 Å². The van der Waals surface area contributed by atoms with Crippen LogP contribution < -0.4 is 5.73 Å². The molecule has 20 heavy (non-hydrogen) atoms. The molecule has 0 amide bonds. The summed E-state index contributed by atoms with van der Waals surface area (Å²) in [6, 6.07) is 0. The number of hydrogen-bond acceptors (Lipinski definition) is 5. The zero-order valence-electron chi connectivity index (χ0n) is 12.1. The fourth-order valence-electron chi connectivity index (χ4n) is 2.80. The Hall–Kier alpha value is -1.53. The van der Waals surface area contributed by atoms with E-state index in [-0.39, 0.29) is 10.6 Å². The first-order valence-electron chi connectivity index (χ1n) is 7.04. The average molecular weight is 278 g/mol. The van der Waals surface area contributed by atoms with Crippen molar-refractivity contribution in [3.8, 4) is 0 Å². The van der Waals surface area contributed by atoms with E-state index >= 15 is 0 Å². The highest BCUT2D eigenvalue weighted by Crippen LogP contribution is 2.26. The molecule has 6 nitrogen and oxygen atoms in total. The summed E-state index contributed by atoms with van der Waals surface area (Å²) in [5.74, 6) is 0.618. The smallest absolute Gasteiger partial charge is 0.278 e. The molecule has 0 spiro atoms. The summed E-state index contributed by atoms with van der Waals surface area (Å²) in [6.45, 7) is 6.94. The molecule has 0 radical (unpaired) electrons. The molecular weight excluding hydrogens is 256 g/mol. The summed E-state index contributed by atoms with van der Waals surface area (Å²) < 4.78 is 0. The van der Waals surface area contributed by atoms with Gasteiger partial charge >= 0.3 is 0 Å². The van der Waals surface area contributed by atoms with Gasteiger partial charge in [-0.05, 0) is 52.2 Å². The monoisotopic (exact) mass is 278 g/mol. The third-order valence-corrected chi connectivity index (χ3v) is 4.17. The fraction of sp³-hybridized carbons (Fsp3) is 0.643. The zero-order chi connectivity index (χ0) is 14.7.